The first-order valence-electron chi connectivity index (χ1n) is 8.10. The molecule has 0 aliphatic carbocycles. The Morgan fingerprint density at radius 1 is 1.27 bits per heavy atom. The molecule has 0 spiro atoms. The van der Waals surface area contributed by atoms with Crippen molar-refractivity contribution in [1.82, 2.24) is 0 Å². The Balaban J connectivity index is 1.82. The van der Waals surface area contributed by atoms with Crippen molar-refractivity contribution in [3.05, 3.63) is 55.8 Å². The fraction of sp³-hybridized carbons (Fsp3) is 0.333. The predicted octanol–water partition coefficient (Wildman–Crippen LogP) is 3.78. The van der Waals surface area contributed by atoms with E-state index in [0.29, 0.717) is 6.42 Å². The van der Waals surface area contributed by atoms with Crippen molar-refractivity contribution in [2.45, 2.75) is 33.1 Å². The number of rotatable bonds is 8. The molecule has 7 nitrogen and oxygen atoms in total. The molecule has 138 valence electrons. The van der Waals surface area contributed by atoms with Gasteiger partial charge in [-0.25, -0.2) is 0 Å². The van der Waals surface area contributed by atoms with E-state index < -0.39 is 23.4 Å². The SMILES string of the molecule is Cc1cc(NC(=O)COC(=O)CCCc2cccs2)c([N+](=O)[O-])cc1C. The Labute approximate surface area is 155 Å². The molecule has 1 heterocycles. The molecule has 2 aromatic rings. The highest BCUT2D eigenvalue weighted by Gasteiger charge is 2.18. The number of nitrogens with one attached hydrogen (secondary N) is 1. The maximum atomic E-state index is 11.9. The Morgan fingerprint density at radius 3 is 2.65 bits per heavy atom. The van der Waals surface area contributed by atoms with Gasteiger partial charge in [0.2, 0.25) is 0 Å². The van der Waals surface area contributed by atoms with Gasteiger partial charge in [0.15, 0.2) is 6.61 Å². The molecule has 26 heavy (non-hydrogen) atoms. The van der Waals surface area contributed by atoms with Gasteiger partial charge in [-0.15, -0.1) is 11.3 Å². The maximum Gasteiger partial charge on any atom is 0.306 e. The third kappa shape index (κ3) is 5.66. The molecule has 8 heteroatoms. The number of amides is 1. The summed E-state index contributed by atoms with van der Waals surface area (Å²) in [6.07, 6.45) is 1.65. The summed E-state index contributed by atoms with van der Waals surface area (Å²) < 4.78 is 4.93. The van der Waals surface area contributed by atoms with E-state index in [1.54, 1.807) is 25.2 Å². The Kier molecular flexibility index (Phi) is 6.85. The molecule has 0 aliphatic heterocycles. The van der Waals surface area contributed by atoms with Crippen molar-refractivity contribution in [1.29, 1.82) is 0 Å². The van der Waals surface area contributed by atoms with E-state index in [1.807, 2.05) is 17.5 Å². The average molecular weight is 376 g/mol. The van der Waals surface area contributed by atoms with E-state index in [0.717, 1.165) is 17.5 Å². The summed E-state index contributed by atoms with van der Waals surface area (Å²) in [5.41, 5.74) is 1.48. The number of hydrogen-bond donors (Lipinski definition) is 1. The number of nitrogens with zero attached hydrogens (tertiary/aromatic N) is 1. The molecule has 1 amide bonds. The summed E-state index contributed by atoms with van der Waals surface area (Å²) in [6, 6.07) is 6.89. The molecular formula is C18H20N2O5S. The molecule has 1 aromatic carbocycles. The van der Waals surface area contributed by atoms with Crippen LogP contribution in [0.3, 0.4) is 0 Å². The number of benzene rings is 1. The fourth-order valence-electron chi connectivity index (χ4n) is 2.32. The number of hydrogen-bond acceptors (Lipinski definition) is 6. The molecule has 0 unspecified atom stereocenters. The lowest BCUT2D eigenvalue weighted by atomic mass is 10.1. The lowest BCUT2D eigenvalue weighted by molar-refractivity contribution is -0.384. The van der Waals surface area contributed by atoms with Crippen LogP contribution in [0.2, 0.25) is 0 Å². The van der Waals surface area contributed by atoms with Crippen LogP contribution in [0.1, 0.15) is 28.8 Å². The standard InChI is InChI=1S/C18H20N2O5S/c1-12-9-15(16(20(23)24)10-13(12)2)19-17(21)11-25-18(22)7-3-5-14-6-4-8-26-14/h4,6,8-10H,3,5,7,11H2,1-2H3,(H,19,21). The molecular weight excluding hydrogens is 356 g/mol. The lowest BCUT2D eigenvalue weighted by Gasteiger charge is -2.09. The number of anilines is 1. The van der Waals surface area contributed by atoms with Crippen LogP contribution in [-0.2, 0) is 20.7 Å². The Morgan fingerprint density at radius 2 is 2.00 bits per heavy atom. The van der Waals surface area contributed by atoms with Gasteiger partial charge in [-0.05, 0) is 55.3 Å². The Hall–Kier alpha value is -2.74. The Bertz CT molecular complexity index is 802. The number of ether oxygens (including phenoxy) is 1. The monoisotopic (exact) mass is 376 g/mol. The van der Waals surface area contributed by atoms with Gasteiger partial charge < -0.3 is 10.1 Å². The zero-order valence-electron chi connectivity index (χ0n) is 14.6. The van der Waals surface area contributed by atoms with Gasteiger partial charge in [-0.2, -0.15) is 0 Å². The van der Waals surface area contributed by atoms with E-state index in [2.05, 4.69) is 5.32 Å². The quantitative estimate of drug-likeness (QED) is 0.429. The molecule has 0 saturated heterocycles. The molecule has 1 N–H and O–H groups in total. The zero-order chi connectivity index (χ0) is 19.1. The van der Waals surface area contributed by atoms with Crippen molar-refractivity contribution < 1.29 is 19.2 Å². The van der Waals surface area contributed by atoms with E-state index in [-0.39, 0.29) is 17.8 Å². The van der Waals surface area contributed by atoms with Crippen molar-refractivity contribution in [2.24, 2.45) is 0 Å². The third-order valence-corrected chi connectivity index (χ3v) is 4.77. The topological polar surface area (TPSA) is 98.5 Å². The minimum atomic E-state index is -0.608. The van der Waals surface area contributed by atoms with Gasteiger partial charge in [0.1, 0.15) is 5.69 Å². The van der Waals surface area contributed by atoms with Crippen molar-refractivity contribution in [3.63, 3.8) is 0 Å². The largest absolute Gasteiger partial charge is 0.456 e. The highest BCUT2D eigenvalue weighted by molar-refractivity contribution is 7.09. The number of thiophene rings is 1. The second-order valence-electron chi connectivity index (χ2n) is 5.85. The number of nitro groups is 1. The van der Waals surface area contributed by atoms with Crippen LogP contribution in [-0.4, -0.2) is 23.4 Å². The molecule has 0 atom stereocenters. The first-order chi connectivity index (χ1) is 12.4. The van der Waals surface area contributed by atoms with Crippen LogP contribution in [0, 0.1) is 24.0 Å². The molecule has 2 rings (SSSR count). The van der Waals surface area contributed by atoms with Crippen LogP contribution in [0.25, 0.3) is 0 Å². The molecule has 0 fully saturated rings. The number of carbonyl (C=O) groups excluding carboxylic acids is 2. The van der Waals surface area contributed by atoms with Gasteiger partial charge in [-0.3, -0.25) is 19.7 Å². The van der Waals surface area contributed by atoms with Crippen molar-refractivity contribution >= 4 is 34.6 Å². The zero-order valence-corrected chi connectivity index (χ0v) is 15.4. The average Bonchev–Trinajstić information content (AvgIpc) is 3.09. The van der Waals surface area contributed by atoms with Crippen LogP contribution >= 0.6 is 11.3 Å². The van der Waals surface area contributed by atoms with Crippen LogP contribution in [0.4, 0.5) is 11.4 Å². The van der Waals surface area contributed by atoms with Crippen LogP contribution < -0.4 is 5.32 Å². The van der Waals surface area contributed by atoms with Crippen LogP contribution in [0.15, 0.2) is 29.6 Å². The number of nitro benzene ring substituents is 1. The fourth-order valence-corrected chi connectivity index (χ4v) is 3.07. The predicted molar refractivity (Wildman–Crippen MR) is 99.4 cm³/mol. The van der Waals surface area contributed by atoms with Crippen molar-refractivity contribution in [2.75, 3.05) is 11.9 Å². The molecule has 0 radical (unpaired) electrons. The number of esters is 1. The molecule has 0 saturated carbocycles. The van der Waals surface area contributed by atoms with Gasteiger partial charge in [0.05, 0.1) is 4.92 Å². The normalized spacial score (nSPS) is 10.4. The maximum absolute atomic E-state index is 11.9. The van der Waals surface area contributed by atoms with Gasteiger partial charge in [0.25, 0.3) is 11.6 Å². The van der Waals surface area contributed by atoms with Gasteiger partial charge in [-0.1, -0.05) is 6.07 Å². The summed E-state index contributed by atoms with van der Waals surface area (Å²) in [5.74, 6) is -1.07. The summed E-state index contributed by atoms with van der Waals surface area (Å²) >= 11 is 1.63. The highest BCUT2D eigenvalue weighted by Crippen LogP contribution is 2.27. The van der Waals surface area contributed by atoms with Crippen molar-refractivity contribution in [3.8, 4) is 0 Å². The first-order valence-corrected chi connectivity index (χ1v) is 8.98. The van der Waals surface area contributed by atoms with E-state index >= 15 is 0 Å². The summed E-state index contributed by atoms with van der Waals surface area (Å²) in [4.78, 5) is 35.4. The minimum absolute atomic E-state index is 0.0943. The molecule has 0 bridgehead atoms. The lowest BCUT2D eigenvalue weighted by Crippen LogP contribution is -2.21. The van der Waals surface area contributed by atoms with Gasteiger partial charge >= 0.3 is 5.97 Å². The number of carbonyl (C=O) groups is 2. The van der Waals surface area contributed by atoms with Crippen LogP contribution in [0.5, 0.6) is 0 Å². The highest BCUT2D eigenvalue weighted by atomic mass is 32.1. The molecule has 0 aliphatic rings. The number of aryl methyl sites for hydroxylation is 3. The summed E-state index contributed by atoms with van der Waals surface area (Å²) in [7, 11) is 0. The molecule has 1 aromatic heterocycles. The summed E-state index contributed by atoms with van der Waals surface area (Å²) in [5, 5.41) is 15.5. The first kappa shape index (κ1) is 19.6. The van der Waals surface area contributed by atoms with E-state index in [4.69, 9.17) is 4.74 Å². The van der Waals surface area contributed by atoms with E-state index in [9.17, 15) is 19.7 Å². The second kappa shape index (κ2) is 9.10. The minimum Gasteiger partial charge on any atom is -0.456 e. The van der Waals surface area contributed by atoms with E-state index in [1.165, 1.54) is 17.0 Å². The smallest absolute Gasteiger partial charge is 0.306 e. The second-order valence-corrected chi connectivity index (χ2v) is 6.88. The van der Waals surface area contributed by atoms with Gasteiger partial charge in [0, 0.05) is 17.4 Å². The third-order valence-electron chi connectivity index (χ3n) is 3.83. The summed E-state index contributed by atoms with van der Waals surface area (Å²) in [6.45, 7) is 3.08.